The van der Waals surface area contributed by atoms with E-state index in [1.807, 2.05) is 0 Å². The molecule has 6 nitrogen and oxygen atoms in total. The molecular formula is C13H21NO5. The van der Waals surface area contributed by atoms with Crippen LogP contribution in [0.2, 0.25) is 0 Å². The monoisotopic (exact) mass is 271 g/mol. The summed E-state index contributed by atoms with van der Waals surface area (Å²) in [6, 6.07) is -0.360. The van der Waals surface area contributed by atoms with Crippen LogP contribution >= 0.6 is 0 Å². The first-order valence-corrected chi connectivity index (χ1v) is 6.54. The van der Waals surface area contributed by atoms with Crippen LogP contribution in [0.4, 0.5) is 4.79 Å². The Morgan fingerprint density at radius 2 is 1.84 bits per heavy atom. The number of rotatable bonds is 2. The van der Waals surface area contributed by atoms with Crippen LogP contribution in [0.25, 0.3) is 0 Å². The van der Waals surface area contributed by atoms with E-state index in [2.05, 4.69) is 5.32 Å². The number of carbonyl (C=O) groups excluding carboxylic acids is 2. The largest absolute Gasteiger partial charge is 0.469 e. The number of ether oxygens (including phenoxy) is 3. The molecule has 19 heavy (non-hydrogen) atoms. The van der Waals surface area contributed by atoms with Gasteiger partial charge in [-0.1, -0.05) is 0 Å². The second-order valence-electron chi connectivity index (χ2n) is 6.01. The van der Waals surface area contributed by atoms with Gasteiger partial charge < -0.3 is 19.5 Å². The highest BCUT2D eigenvalue weighted by Gasteiger charge is 2.53. The Kier molecular flexibility index (Phi) is 3.71. The molecule has 2 rings (SSSR count). The summed E-state index contributed by atoms with van der Waals surface area (Å²) in [5.41, 5.74) is -0.566. The lowest BCUT2D eigenvalue weighted by Crippen LogP contribution is -2.51. The molecule has 0 aromatic rings. The molecule has 2 bridgehead atoms. The van der Waals surface area contributed by atoms with E-state index < -0.39 is 17.6 Å². The minimum absolute atomic E-state index is 0.124. The van der Waals surface area contributed by atoms with Gasteiger partial charge in [0.15, 0.2) is 0 Å². The molecule has 0 saturated carbocycles. The van der Waals surface area contributed by atoms with E-state index in [1.54, 1.807) is 20.8 Å². The number of fused-ring (bicyclic) bond motifs is 2. The first kappa shape index (κ1) is 14.1. The first-order valence-electron chi connectivity index (χ1n) is 6.54. The summed E-state index contributed by atoms with van der Waals surface area (Å²) in [6.45, 7) is 5.38. The molecule has 0 unspecified atom stereocenters. The van der Waals surface area contributed by atoms with E-state index in [1.165, 1.54) is 7.11 Å². The quantitative estimate of drug-likeness (QED) is 0.765. The van der Waals surface area contributed by atoms with Crippen LogP contribution < -0.4 is 5.32 Å². The third-order valence-corrected chi connectivity index (χ3v) is 3.43. The molecular weight excluding hydrogens is 250 g/mol. The molecule has 4 atom stereocenters. The molecule has 2 aliphatic heterocycles. The van der Waals surface area contributed by atoms with Crippen molar-refractivity contribution in [3.8, 4) is 0 Å². The van der Waals surface area contributed by atoms with Crippen molar-refractivity contribution in [2.24, 2.45) is 5.92 Å². The lowest BCUT2D eigenvalue weighted by Gasteiger charge is -2.28. The molecule has 0 spiro atoms. The highest BCUT2D eigenvalue weighted by atomic mass is 16.6. The molecule has 0 aromatic carbocycles. The van der Waals surface area contributed by atoms with Gasteiger partial charge in [0.25, 0.3) is 0 Å². The molecule has 108 valence electrons. The van der Waals surface area contributed by atoms with Crippen LogP contribution in [-0.4, -0.2) is 43.0 Å². The molecule has 2 heterocycles. The third kappa shape index (κ3) is 3.00. The van der Waals surface area contributed by atoms with Gasteiger partial charge in [0.05, 0.1) is 25.4 Å². The Morgan fingerprint density at radius 1 is 1.21 bits per heavy atom. The van der Waals surface area contributed by atoms with Crippen LogP contribution in [0.5, 0.6) is 0 Å². The third-order valence-electron chi connectivity index (χ3n) is 3.43. The normalized spacial score (nSPS) is 33.1. The summed E-state index contributed by atoms with van der Waals surface area (Å²) < 4.78 is 15.7. The zero-order valence-electron chi connectivity index (χ0n) is 11.8. The summed E-state index contributed by atoms with van der Waals surface area (Å²) in [5, 5.41) is 2.75. The van der Waals surface area contributed by atoms with Crippen molar-refractivity contribution in [1.82, 2.24) is 5.32 Å². The van der Waals surface area contributed by atoms with E-state index >= 15 is 0 Å². The smallest absolute Gasteiger partial charge is 0.407 e. The Labute approximate surface area is 112 Å². The fraction of sp³-hybridized carbons (Fsp3) is 0.846. The average molecular weight is 271 g/mol. The maximum absolute atomic E-state index is 11.8. The lowest BCUT2D eigenvalue weighted by atomic mass is 9.84. The van der Waals surface area contributed by atoms with Crippen LogP contribution in [0.3, 0.4) is 0 Å². The predicted molar refractivity (Wildman–Crippen MR) is 66.6 cm³/mol. The van der Waals surface area contributed by atoms with Crippen molar-refractivity contribution < 1.29 is 23.8 Å². The fourth-order valence-electron chi connectivity index (χ4n) is 2.74. The van der Waals surface area contributed by atoms with E-state index in [0.717, 1.165) is 12.8 Å². The number of hydrogen-bond acceptors (Lipinski definition) is 5. The maximum atomic E-state index is 11.8. The van der Waals surface area contributed by atoms with Gasteiger partial charge in [0.1, 0.15) is 11.5 Å². The first-order chi connectivity index (χ1) is 8.81. The second-order valence-corrected chi connectivity index (χ2v) is 6.01. The van der Waals surface area contributed by atoms with Crippen LogP contribution in [-0.2, 0) is 19.0 Å². The Bertz CT molecular complexity index is 376. The fourth-order valence-corrected chi connectivity index (χ4v) is 2.74. The van der Waals surface area contributed by atoms with Crippen molar-refractivity contribution >= 4 is 12.1 Å². The van der Waals surface area contributed by atoms with E-state index in [0.29, 0.717) is 0 Å². The van der Waals surface area contributed by atoms with E-state index in [-0.39, 0.29) is 24.2 Å². The lowest BCUT2D eigenvalue weighted by molar-refractivity contribution is -0.147. The minimum Gasteiger partial charge on any atom is -0.469 e. The van der Waals surface area contributed by atoms with Gasteiger partial charge in [0, 0.05) is 0 Å². The molecule has 1 N–H and O–H groups in total. The average Bonchev–Trinajstić information content (AvgIpc) is 2.85. The number of carbonyl (C=O) groups is 2. The molecule has 0 radical (unpaired) electrons. The van der Waals surface area contributed by atoms with Crippen LogP contribution in [0, 0.1) is 5.92 Å². The molecule has 2 fully saturated rings. The van der Waals surface area contributed by atoms with Gasteiger partial charge >= 0.3 is 12.1 Å². The maximum Gasteiger partial charge on any atom is 0.407 e. The molecule has 0 aliphatic carbocycles. The van der Waals surface area contributed by atoms with Crippen molar-refractivity contribution in [2.75, 3.05) is 7.11 Å². The summed E-state index contributed by atoms with van der Waals surface area (Å²) >= 11 is 0. The van der Waals surface area contributed by atoms with E-state index in [4.69, 9.17) is 14.2 Å². The predicted octanol–water partition coefficient (Wildman–Crippen LogP) is 1.23. The second kappa shape index (κ2) is 5.00. The summed E-state index contributed by atoms with van der Waals surface area (Å²) in [5.74, 6) is -0.774. The van der Waals surface area contributed by atoms with Crippen molar-refractivity contribution in [1.29, 1.82) is 0 Å². The molecule has 0 aromatic heterocycles. The number of hydrogen-bond donors (Lipinski definition) is 1. The van der Waals surface area contributed by atoms with Gasteiger partial charge in [-0.2, -0.15) is 0 Å². The standard InChI is InChI=1S/C13H21NO5/c1-13(2,3)19-12(16)14-10-8-6-5-7(18-8)9(10)11(15)17-4/h7-10H,5-6H2,1-4H3,(H,14,16)/t7-,8+,9-,10+/m0/s1. The van der Waals surface area contributed by atoms with Gasteiger partial charge in [-0.05, 0) is 33.6 Å². The van der Waals surface area contributed by atoms with Gasteiger partial charge in [0.2, 0.25) is 0 Å². The number of esters is 1. The Hall–Kier alpha value is -1.30. The minimum atomic E-state index is -0.566. The highest BCUT2D eigenvalue weighted by Crippen LogP contribution is 2.39. The van der Waals surface area contributed by atoms with Crippen LogP contribution in [0.15, 0.2) is 0 Å². The highest BCUT2D eigenvalue weighted by molar-refractivity contribution is 5.76. The SMILES string of the molecule is COC(=O)[C@@H]1[C@H](NC(=O)OC(C)(C)C)[C@H]2CC[C@@H]1O2. The van der Waals surface area contributed by atoms with Gasteiger partial charge in [-0.3, -0.25) is 4.79 Å². The zero-order valence-corrected chi connectivity index (χ0v) is 11.8. The summed E-state index contributed by atoms with van der Waals surface area (Å²) in [6.07, 6.45) is 0.872. The van der Waals surface area contributed by atoms with E-state index in [9.17, 15) is 9.59 Å². The van der Waals surface area contributed by atoms with Crippen molar-refractivity contribution in [3.63, 3.8) is 0 Å². The zero-order chi connectivity index (χ0) is 14.2. The van der Waals surface area contributed by atoms with Crippen molar-refractivity contribution in [2.45, 2.75) is 57.5 Å². The molecule has 6 heteroatoms. The molecule has 2 aliphatic rings. The summed E-state index contributed by atoms with van der Waals surface area (Å²) in [7, 11) is 1.35. The number of alkyl carbamates (subject to hydrolysis) is 1. The number of amides is 1. The van der Waals surface area contributed by atoms with Crippen molar-refractivity contribution in [3.05, 3.63) is 0 Å². The topological polar surface area (TPSA) is 73.9 Å². The summed E-state index contributed by atoms with van der Waals surface area (Å²) in [4.78, 5) is 23.6. The Morgan fingerprint density at radius 3 is 2.42 bits per heavy atom. The van der Waals surface area contributed by atoms with Gasteiger partial charge in [-0.25, -0.2) is 4.79 Å². The molecule has 1 amide bonds. The molecule has 2 saturated heterocycles. The number of methoxy groups -OCH3 is 1. The Balaban J connectivity index is 2.02. The van der Waals surface area contributed by atoms with Crippen LogP contribution in [0.1, 0.15) is 33.6 Å². The van der Waals surface area contributed by atoms with Gasteiger partial charge in [-0.15, -0.1) is 0 Å². The number of nitrogens with one attached hydrogen (secondary N) is 1.